The molecule has 1 unspecified atom stereocenters. The smallest absolute Gasteiger partial charge is 0.252 e. The maximum Gasteiger partial charge on any atom is 0.252 e. The van der Waals surface area contributed by atoms with Crippen LogP contribution in [0.25, 0.3) is 0 Å². The predicted octanol–water partition coefficient (Wildman–Crippen LogP) is 3.96. The van der Waals surface area contributed by atoms with Gasteiger partial charge in [0.15, 0.2) is 0 Å². The highest BCUT2D eigenvalue weighted by atomic mass is 32.1. The van der Waals surface area contributed by atoms with E-state index in [-0.39, 0.29) is 11.8 Å². The number of hydrogen-bond acceptors (Lipinski definition) is 4. The van der Waals surface area contributed by atoms with Gasteiger partial charge in [0.2, 0.25) is 0 Å². The summed E-state index contributed by atoms with van der Waals surface area (Å²) in [7, 11) is 0. The molecule has 3 nitrogen and oxygen atoms in total. The number of hydrogen-bond donors (Lipinski definition) is 1. The molecule has 1 N–H and O–H groups in total. The monoisotopic (exact) mass is 303 g/mol. The maximum atomic E-state index is 12.0. The van der Waals surface area contributed by atoms with Crippen molar-refractivity contribution >= 4 is 28.6 Å². The number of furan rings is 1. The van der Waals surface area contributed by atoms with Crippen LogP contribution in [0.4, 0.5) is 0 Å². The molecule has 0 saturated heterocycles. The molecule has 0 aliphatic carbocycles. The fraction of sp³-hybridized carbons (Fsp3) is 0.133. The molecular formula is C15H13NO2S2. The Kier molecular flexibility index (Phi) is 3.99. The lowest BCUT2D eigenvalue weighted by molar-refractivity contribution is 0.0952. The topological polar surface area (TPSA) is 42.2 Å². The van der Waals surface area contributed by atoms with Crippen LogP contribution >= 0.6 is 22.7 Å². The number of amides is 1. The van der Waals surface area contributed by atoms with E-state index >= 15 is 0 Å². The van der Waals surface area contributed by atoms with Crippen molar-refractivity contribution in [2.24, 2.45) is 0 Å². The minimum absolute atomic E-state index is 0.0435. The first kappa shape index (κ1) is 13.1. The Morgan fingerprint density at radius 1 is 1.20 bits per heavy atom. The van der Waals surface area contributed by atoms with Crippen molar-refractivity contribution < 1.29 is 9.21 Å². The average molecular weight is 303 g/mol. The van der Waals surface area contributed by atoms with Crippen LogP contribution in [0, 0.1) is 0 Å². The zero-order valence-corrected chi connectivity index (χ0v) is 12.2. The average Bonchev–Trinajstić information content (AvgIpc) is 3.22. The van der Waals surface area contributed by atoms with Crippen molar-refractivity contribution in [2.45, 2.75) is 5.92 Å². The minimum Gasteiger partial charge on any atom is -0.469 e. The van der Waals surface area contributed by atoms with Crippen LogP contribution in [0.5, 0.6) is 0 Å². The molecule has 0 bridgehead atoms. The second-order valence-electron chi connectivity index (χ2n) is 4.35. The van der Waals surface area contributed by atoms with Crippen LogP contribution in [-0.4, -0.2) is 12.5 Å². The van der Waals surface area contributed by atoms with Crippen molar-refractivity contribution in [3.05, 3.63) is 68.9 Å². The third kappa shape index (κ3) is 2.84. The van der Waals surface area contributed by atoms with E-state index in [2.05, 4.69) is 16.8 Å². The van der Waals surface area contributed by atoms with Crippen LogP contribution in [0.3, 0.4) is 0 Å². The van der Waals surface area contributed by atoms with Gasteiger partial charge < -0.3 is 9.73 Å². The fourth-order valence-corrected chi connectivity index (χ4v) is 3.39. The van der Waals surface area contributed by atoms with Gasteiger partial charge in [-0.05, 0) is 46.0 Å². The van der Waals surface area contributed by atoms with Crippen LogP contribution in [-0.2, 0) is 0 Å². The summed E-state index contributed by atoms with van der Waals surface area (Å²) < 4.78 is 5.50. The molecule has 3 aromatic heterocycles. The van der Waals surface area contributed by atoms with Gasteiger partial charge in [-0.3, -0.25) is 4.79 Å². The summed E-state index contributed by atoms with van der Waals surface area (Å²) >= 11 is 3.16. The van der Waals surface area contributed by atoms with Crippen LogP contribution in [0.2, 0.25) is 0 Å². The second-order valence-corrected chi connectivity index (χ2v) is 5.91. The number of thiophene rings is 2. The van der Waals surface area contributed by atoms with Gasteiger partial charge in [-0.1, -0.05) is 0 Å². The van der Waals surface area contributed by atoms with E-state index in [0.717, 1.165) is 11.3 Å². The third-order valence-corrected chi connectivity index (χ3v) is 4.47. The van der Waals surface area contributed by atoms with Crippen molar-refractivity contribution in [1.82, 2.24) is 5.32 Å². The zero-order valence-electron chi connectivity index (χ0n) is 10.6. The molecular weight excluding hydrogens is 290 g/mol. The first-order valence-corrected chi connectivity index (χ1v) is 8.09. The highest BCUT2D eigenvalue weighted by Crippen LogP contribution is 2.26. The standard InChI is InChI=1S/C15H13NO2S2/c17-15(12-4-7-20-10-12)16-8-13(11-3-6-19-9-11)14-2-1-5-18-14/h1-7,9-10,13H,8H2,(H,16,17). The van der Waals surface area contributed by atoms with E-state index in [1.54, 1.807) is 17.6 Å². The highest BCUT2D eigenvalue weighted by molar-refractivity contribution is 7.08. The van der Waals surface area contributed by atoms with Crippen molar-refractivity contribution in [1.29, 1.82) is 0 Å². The molecule has 102 valence electrons. The zero-order chi connectivity index (χ0) is 13.8. The summed E-state index contributed by atoms with van der Waals surface area (Å²) in [6.07, 6.45) is 1.66. The molecule has 0 saturated carbocycles. The molecule has 3 aromatic rings. The van der Waals surface area contributed by atoms with Gasteiger partial charge in [0.1, 0.15) is 5.76 Å². The van der Waals surface area contributed by atoms with Gasteiger partial charge >= 0.3 is 0 Å². The Hall–Kier alpha value is -1.85. The van der Waals surface area contributed by atoms with Crippen LogP contribution < -0.4 is 5.32 Å². The first-order valence-electron chi connectivity index (χ1n) is 6.20. The number of carbonyl (C=O) groups is 1. The lowest BCUT2D eigenvalue weighted by Crippen LogP contribution is -2.28. The fourth-order valence-electron chi connectivity index (χ4n) is 2.04. The van der Waals surface area contributed by atoms with Gasteiger partial charge in [-0.2, -0.15) is 22.7 Å². The molecule has 1 amide bonds. The van der Waals surface area contributed by atoms with Gasteiger partial charge in [-0.25, -0.2) is 0 Å². The van der Waals surface area contributed by atoms with Crippen molar-refractivity contribution in [2.75, 3.05) is 6.54 Å². The summed E-state index contributed by atoms with van der Waals surface area (Å²) in [4.78, 5) is 12.0. The van der Waals surface area contributed by atoms with Gasteiger partial charge in [-0.15, -0.1) is 0 Å². The molecule has 0 aliphatic heterocycles. The highest BCUT2D eigenvalue weighted by Gasteiger charge is 2.18. The number of nitrogens with one attached hydrogen (secondary N) is 1. The normalized spacial score (nSPS) is 12.2. The van der Waals surface area contributed by atoms with E-state index in [9.17, 15) is 4.79 Å². The van der Waals surface area contributed by atoms with Gasteiger partial charge in [0.25, 0.3) is 5.91 Å². The Morgan fingerprint density at radius 2 is 2.05 bits per heavy atom. The van der Waals surface area contributed by atoms with Crippen molar-refractivity contribution in [3.63, 3.8) is 0 Å². The Morgan fingerprint density at radius 3 is 2.70 bits per heavy atom. The maximum absolute atomic E-state index is 12.0. The summed E-state index contributed by atoms with van der Waals surface area (Å²) in [5, 5.41) is 10.8. The largest absolute Gasteiger partial charge is 0.469 e. The lowest BCUT2D eigenvalue weighted by atomic mass is 9.99. The predicted molar refractivity (Wildman–Crippen MR) is 81.5 cm³/mol. The van der Waals surface area contributed by atoms with E-state index in [1.165, 1.54) is 11.3 Å². The third-order valence-electron chi connectivity index (χ3n) is 3.08. The number of carbonyl (C=O) groups excluding carboxylic acids is 1. The molecule has 3 heterocycles. The molecule has 0 aromatic carbocycles. The molecule has 0 aliphatic rings. The molecule has 1 atom stereocenters. The Bertz CT molecular complexity index is 608. The quantitative estimate of drug-likeness (QED) is 0.775. The van der Waals surface area contributed by atoms with E-state index < -0.39 is 0 Å². The molecule has 0 spiro atoms. The van der Waals surface area contributed by atoms with Crippen LogP contribution in [0.1, 0.15) is 27.6 Å². The Balaban J connectivity index is 1.73. The summed E-state index contributed by atoms with van der Waals surface area (Å²) in [5.74, 6) is 0.880. The lowest BCUT2D eigenvalue weighted by Gasteiger charge is -2.14. The van der Waals surface area contributed by atoms with Crippen LogP contribution in [0.15, 0.2) is 56.5 Å². The minimum atomic E-state index is -0.0435. The Labute approximate surface area is 124 Å². The summed E-state index contributed by atoms with van der Waals surface area (Å²) in [5.41, 5.74) is 1.87. The number of rotatable bonds is 5. The molecule has 0 fully saturated rings. The summed E-state index contributed by atoms with van der Waals surface area (Å²) in [6.45, 7) is 0.527. The van der Waals surface area contributed by atoms with E-state index in [0.29, 0.717) is 12.1 Å². The molecule has 5 heteroatoms. The summed E-state index contributed by atoms with van der Waals surface area (Å²) in [6, 6.07) is 7.70. The molecule has 20 heavy (non-hydrogen) atoms. The molecule has 0 radical (unpaired) electrons. The van der Waals surface area contributed by atoms with Gasteiger partial charge in [0, 0.05) is 17.5 Å². The van der Waals surface area contributed by atoms with E-state index in [1.807, 2.05) is 34.3 Å². The van der Waals surface area contributed by atoms with Gasteiger partial charge in [0.05, 0.1) is 12.2 Å². The second kappa shape index (κ2) is 6.07. The first-order chi connectivity index (χ1) is 9.84. The van der Waals surface area contributed by atoms with Crippen molar-refractivity contribution in [3.8, 4) is 0 Å². The van der Waals surface area contributed by atoms with E-state index in [4.69, 9.17) is 4.42 Å². The SMILES string of the molecule is O=C(NCC(c1ccsc1)c1ccco1)c1ccsc1. The molecule has 3 rings (SSSR count).